The Balaban J connectivity index is 0.000000428. The van der Waals surface area contributed by atoms with Crippen molar-refractivity contribution in [2.24, 2.45) is 0 Å². The van der Waals surface area contributed by atoms with Crippen LogP contribution in [0.4, 0.5) is 22.7 Å². The average molecular weight is 1880 g/mol. The molecule has 0 aromatic heterocycles. The van der Waals surface area contributed by atoms with E-state index in [0.717, 1.165) is 99.3 Å². The highest BCUT2D eigenvalue weighted by Crippen LogP contribution is 2.33. The van der Waals surface area contributed by atoms with Gasteiger partial charge in [0.1, 0.15) is 70.4 Å². The van der Waals surface area contributed by atoms with E-state index in [0.29, 0.717) is 109 Å². The van der Waals surface area contributed by atoms with Crippen molar-refractivity contribution < 1.29 is 130 Å². The number of carbonyl (C=O) groups is 8. The predicted octanol–water partition coefficient (Wildman–Crippen LogP) is 9.00. The number of hydrogen-bond donors (Lipinski definition) is 20. The molecule has 0 saturated carbocycles. The van der Waals surface area contributed by atoms with E-state index in [2.05, 4.69) is 76.6 Å². The van der Waals surface area contributed by atoms with Gasteiger partial charge in [0.05, 0.1) is 49.2 Å². The van der Waals surface area contributed by atoms with Crippen molar-refractivity contribution in [3.05, 3.63) is 238 Å². The molecule has 2 fully saturated rings. The van der Waals surface area contributed by atoms with E-state index >= 15 is 0 Å². The zero-order valence-electron chi connectivity index (χ0n) is 74.7. The first kappa shape index (κ1) is 114. The number of amides is 4. The summed E-state index contributed by atoms with van der Waals surface area (Å²) in [4.78, 5) is 86.9. The van der Waals surface area contributed by atoms with Crippen molar-refractivity contribution in [1.82, 2.24) is 31.1 Å². The first-order chi connectivity index (χ1) is 61.7. The summed E-state index contributed by atoms with van der Waals surface area (Å²) in [7, 11) is 3.28. The second-order valence-corrected chi connectivity index (χ2v) is 32.1. The Bertz CT molecular complexity index is 4570. The lowest BCUT2D eigenvalue weighted by atomic mass is 10.0. The van der Waals surface area contributed by atoms with Crippen LogP contribution in [0.15, 0.2) is 194 Å². The number of rotatable bonds is 40. The van der Waals surface area contributed by atoms with Crippen LogP contribution in [0.5, 0.6) is 46.0 Å². The van der Waals surface area contributed by atoms with Crippen molar-refractivity contribution in [3.63, 3.8) is 0 Å². The number of piperidine rings is 2. The molecule has 0 radical (unpaired) electrons. The van der Waals surface area contributed by atoms with Crippen LogP contribution in [0.25, 0.3) is 0 Å². The number of benzene rings is 8. The molecule has 8 aromatic rings. The quantitative estimate of drug-likeness (QED) is 0.00736. The molecule has 2 saturated heterocycles. The van der Waals surface area contributed by atoms with Crippen molar-refractivity contribution in [2.75, 3.05) is 101 Å². The molecule has 720 valence electrons. The van der Waals surface area contributed by atoms with Crippen molar-refractivity contribution in [1.29, 1.82) is 0 Å². The number of aliphatic hydroxyl groups is 4. The summed E-state index contributed by atoms with van der Waals surface area (Å²) < 4.78 is 21.8. The summed E-state index contributed by atoms with van der Waals surface area (Å²) in [6, 6.07) is 50.9. The molecule has 2 aliphatic heterocycles. The smallest absolute Gasteiger partial charge is 0.328 e. The van der Waals surface area contributed by atoms with Gasteiger partial charge in [-0.2, -0.15) is 0 Å². The summed E-state index contributed by atoms with van der Waals surface area (Å²) in [5.41, 5.74) is 5.33. The highest BCUT2D eigenvalue weighted by Gasteiger charge is 2.29. The van der Waals surface area contributed by atoms with Crippen LogP contribution >= 0.6 is 23.2 Å². The van der Waals surface area contributed by atoms with E-state index in [1.54, 1.807) is 64.5 Å². The van der Waals surface area contributed by atoms with Gasteiger partial charge in [0.25, 0.3) is 0 Å². The summed E-state index contributed by atoms with van der Waals surface area (Å²) in [6.07, 6.45) is 7.38. The Kier molecular flexibility index (Phi) is 51.4. The molecular formula is C94H124Cl2N10O26. The van der Waals surface area contributed by atoms with Gasteiger partial charge in [-0.05, 0) is 223 Å². The molecule has 0 aliphatic carbocycles. The van der Waals surface area contributed by atoms with Crippen molar-refractivity contribution >= 4 is 94.5 Å². The van der Waals surface area contributed by atoms with Gasteiger partial charge in [0.2, 0.25) is 24.6 Å². The highest BCUT2D eigenvalue weighted by molar-refractivity contribution is 6.30. The molecule has 38 heteroatoms. The van der Waals surface area contributed by atoms with Gasteiger partial charge in [-0.3, -0.25) is 29.0 Å². The fourth-order valence-electron chi connectivity index (χ4n) is 12.8. The average Bonchev–Trinajstić information content (AvgIpc) is 0.861. The number of carbonyl (C=O) groups excluding carboxylic acids is 4. The number of aromatic hydroxyl groups is 4. The van der Waals surface area contributed by atoms with Crippen molar-refractivity contribution in [3.8, 4) is 46.0 Å². The first-order valence-corrected chi connectivity index (χ1v) is 42.2. The fraction of sp³-hybridized carbons (Fsp3) is 0.362. The zero-order chi connectivity index (χ0) is 95.9. The van der Waals surface area contributed by atoms with E-state index in [1.165, 1.54) is 72.5 Å². The third kappa shape index (κ3) is 46.3. The molecule has 0 spiro atoms. The van der Waals surface area contributed by atoms with Gasteiger partial charge < -0.3 is 134 Å². The Hall–Kier alpha value is -12.5. The second-order valence-electron chi connectivity index (χ2n) is 31.3. The molecule has 0 unspecified atom stereocenters. The van der Waals surface area contributed by atoms with E-state index in [4.69, 9.17) is 62.6 Å². The molecule has 2 heterocycles. The lowest BCUT2D eigenvalue weighted by Crippen LogP contribution is -2.49. The number of nitrogens with zero attached hydrogens (tertiary/aromatic N) is 2. The lowest BCUT2D eigenvalue weighted by molar-refractivity contribution is -0.134. The number of phenols is 4. The summed E-state index contributed by atoms with van der Waals surface area (Å²) >= 11 is 11.9. The highest BCUT2D eigenvalue weighted by atomic mass is 35.5. The van der Waals surface area contributed by atoms with Gasteiger partial charge >= 0.3 is 23.9 Å². The van der Waals surface area contributed by atoms with E-state index in [9.17, 15) is 79.2 Å². The van der Waals surface area contributed by atoms with Gasteiger partial charge in [0.15, 0.2) is 0 Å². The van der Waals surface area contributed by atoms with Gasteiger partial charge in [0, 0.05) is 124 Å². The number of aliphatic carboxylic acids is 4. The number of phenolic OH excluding ortho intramolecular Hbond substituents is 4. The van der Waals surface area contributed by atoms with Gasteiger partial charge in [-0.15, -0.1) is 0 Å². The van der Waals surface area contributed by atoms with E-state index in [1.807, 2.05) is 86.6 Å². The molecule has 36 nitrogen and oxygen atoms in total. The second kappa shape index (κ2) is 59.7. The SMILES string of the molecule is CC(=O)Nc1ccc(O)cc1OC[C@@](C)(O)CNC1CCN(Cc2ccc(Cl)cc2)CC1.CC(=O)Nc1ccc(O)cc1OC[C@@](C)(O)CNC1CCN(Cc2ccc(Cl)cc2)CC1.COc1ccc(C[C@@H](C)NC[C@H](O)c2ccc(O)c(NC=O)c2)cc1.COc1ccc(C[C@@H](C)NC[C@H](O)c2ccc(O)c(NC=O)c2)cc1.O.O.O=C(O)/C=C/C(=O)O.O=C(O)/C=C/C(=O)O. The van der Waals surface area contributed by atoms with Crippen LogP contribution < -0.4 is 61.5 Å². The Labute approximate surface area is 776 Å². The predicted molar refractivity (Wildman–Crippen MR) is 502 cm³/mol. The van der Waals surface area contributed by atoms with Crippen molar-refractivity contribution in [2.45, 2.75) is 141 Å². The number of nitrogens with one attached hydrogen (secondary N) is 8. The van der Waals surface area contributed by atoms with Gasteiger partial charge in [-0.25, -0.2) is 19.2 Å². The minimum absolute atomic E-state index is 0. The van der Waals surface area contributed by atoms with Crippen LogP contribution in [0, 0.1) is 0 Å². The molecule has 6 atom stereocenters. The van der Waals surface area contributed by atoms with Crippen LogP contribution in [0.2, 0.25) is 10.0 Å². The van der Waals surface area contributed by atoms with Gasteiger partial charge in [-0.1, -0.05) is 83.9 Å². The molecule has 4 amide bonds. The number of aliphatic hydroxyl groups excluding tert-OH is 2. The van der Waals surface area contributed by atoms with E-state index in [-0.39, 0.29) is 82.4 Å². The number of carboxylic acid groups (broad SMARTS) is 4. The molecule has 2 aliphatic rings. The number of ether oxygens (including phenoxy) is 4. The standard InChI is InChI=1S/2C24H32ClN3O4.2C19H24N2O4.2C4H4O4.2H2O/c2*1-17(29)27-22-8-7-21(30)13-23(22)32-16-24(2,31)15-26-20-9-11-28(12-10-20)14-18-3-5-19(25)6-4-18;2*1-13(9-14-3-6-16(25-2)7-4-14)20-11-19(24)15-5-8-18(23)17(10-15)21-12-22;2*5-3(6)1-2-4(7)8;;/h2*3-8,13,20,26,30-31H,9-12,14-16H2,1-2H3,(H,27,29);2*3-8,10,12-13,19-20,23-24H,9,11H2,1-2H3,(H,21,22);2*1-2H,(H,5,6)(H,7,8);2*1H2/b;;;;2*2-1+;;/t2*24-;2*13-,19+;;;;/m0011..../s1. The van der Waals surface area contributed by atoms with E-state index < -0.39 is 47.3 Å². The number of halogens is 2. The molecule has 10 rings (SSSR count). The minimum atomic E-state index is -1.26. The monoisotopic (exact) mass is 1880 g/mol. The fourth-order valence-corrected chi connectivity index (χ4v) is 13.1. The van der Waals surface area contributed by atoms with Crippen LogP contribution in [0.1, 0.15) is 113 Å². The molecule has 0 bridgehead atoms. The number of likely N-dealkylation sites (tertiary alicyclic amines) is 2. The van der Waals surface area contributed by atoms with Crippen LogP contribution in [0.3, 0.4) is 0 Å². The Morgan fingerprint density at radius 1 is 0.455 bits per heavy atom. The minimum Gasteiger partial charge on any atom is -0.508 e. The number of hydrogen-bond acceptors (Lipinski definition) is 26. The summed E-state index contributed by atoms with van der Waals surface area (Å²) in [5.74, 6) is -3.25. The Morgan fingerprint density at radius 3 is 1.05 bits per heavy atom. The molecule has 8 aromatic carbocycles. The topological polar surface area (TPSA) is 582 Å². The lowest BCUT2D eigenvalue weighted by Gasteiger charge is -2.34. The number of methoxy groups -OCH3 is 2. The number of carboxylic acids is 4. The molecule has 24 N–H and O–H groups in total. The maximum Gasteiger partial charge on any atom is 0.328 e. The maximum absolute atomic E-state index is 11.4. The number of anilines is 4. The zero-order valence-corrected chi connectivity index (χ0v) is 76.2. The van der Waals surface area contributed by atoms with Crippen LogP contribution in [-0.2, 0) is 64.3 Å². The Morgan fingerprint density at radius 2 is 0.765 bits per heavy atom. The molecular weight excluding hydrogens is 1760 g/mol. The normalized spacial score (nSPS) is 14.3. The maximum atomic E-state index is 11.4. The third-order valence-corrected chi connectivity index (χ3v) is 20.2. The first-order valence-electron chi connectivity index (χ1n) is 41.5. The van der Waals surface area contributed by atoms with Crippen LogP contribution in [-0.4, -0.2) is 246 Å². The summed E-state index contributed by atoms with van der Waals surface area (Å²) in [5, 5.41) is 137. The largest absolute Gasteiger partial charge is 0.508 e. The summed E-state index contributed by atoms with van der Waals surface area (Å²) in [6.45, 7) is 17.6. The third-order valence-electron chi connectivity index (χ3n) is 19.7. The molecule has 132 heavy (non-hydrogen) atoms.